The fourth-order valence-corrected chi connectivity index (χ4v) is 4.86. The fraction of sp³-hybridized carbons (Fsp3) is 0.0690. The van der Waals surface area contributed by atoms with Crippen molar-refractivity contribution in [1.29, 1.82) is 0 Å². The number of hydrogen-bond acceptors (Lipinski definition) is 4. The summed E-state index contributed by atoms with van der Waals surface area (Å²) in [7, 11) is 2.06. The van der Waals surface area contributed by atoms with Gasteiger partial charge in [-0.05, 0) is 48.5 Å². The molecule has 1 aliphatic rings. The van der Waals surface area contributed by atoms with Crippen LogP contribution in [0.25, 0.3) is 33.5 Å². The molecule has 0 atom stereocenters. The quantitative estimate of drug-likeness (QED) is 0.307. The van der Waals surface area contributed by atoms with Gasteiger partial charge in [-0.25, -0.2) is 4.98 Å². The number of imidazole rings is 2. The molecular weight excluding hydrogens is 434 g/mol. The van der Waals surface area contributed by atoms with Gasteiger partial charge in [0.25, 0.3) is 0 Å². The molecule has 0 saturated heterocycles. The molecule has 0 bridgehead atoms. The highest BCUT2D eigenvalue weighted by molar-refractivity contribution is 5.94. The van der Waals surface area contributed by atoms with E-state index in [2.05, 4.69) is 105 Å². The van der Waals surface area contributed by atoms with E-state index in [1.165, 1.54) is 0 Å². The standard InChI is InChI=1S/C29H23N5O/c1-31-17-18-32(20-31)22-11-7-12-23(19-22)35-27-16-8-15-26-28(27)30-29-33(21-9-3-2-4-10-21)24-13-5-6-14-25(24)34(26)29/h2-19H,20H2,1H3. The molecule has 6 heteroatoms. The van der Waals surface area contributed by atoms with Crippen LogP contribution >= 0.6 is 0 Å². The van der Waals surface area contributed by atoms with Crippen molar-refractivity contribution in [1.82, 2.24) is 18.9 Å². The lowest BCUT2D eigenvalue weighted by Crippen LogP contribution is -2.21. The van der Waals surface area contributed by atoms with Crippen molar-refractivity contribution in [2.45, 2.75) is 0 Å². The van der Waals surface area contributed by atoms with Crippen LogP contribution in [0.4, 0.5) is 5.69 Å². The molecule has 0 fully saturated rings. The minimum absolute atomic E-state index is 0.737. The minimum atomic E-state index is 0.737. The van der Waals surface area contributed by atoms with E-state index < -0.39 is 0 Å². The van der Waals surface area contributed by atoms with Crippen LogP contribution in [0.5, 0.6) is 11.5 Å². The zero-order valence-corrected chi connectivity index (χ0v) is 19.2. The first kappa shape index (κ1) is 19.7. The molecule has 0 spiro atoms. The molecular formula is C29H23N5O. The van der Waals surface area contributed by atoms with Crippen LogP contribution in [-0.4, -0.2) is 32.6 Å². The van der Waals surface area contributed by atoms with Crippen molar-refractivity contribution in [3.63, 3.8) is 0 Å². The highest BCUT2D eigenvalue weighted by Crippen LogP contribution is 2.35. The van der Waals surface area contributed by atoms with Crippen LogP contribution in [0, 0.1) is 0 Å². The van der Waals surface area contributed by atoms with Gasteiger partial charge < -0.3 is 14.5 Å². The minimum Gasteiger partial charge on any atom is -0.455 e. The third kappa shape index (κ3) is 3.14. The van der Waals surface area contributed by atoms with Gasteiger partial charge in [0.15, 0.2) is 5.75 Å². The molecule has 3 heterocycles. The van der Waals surface area contributed by atoms with Crippen molar-refractivity contribution in [2.24, 2.45) is 0 Å². The van der Waals surface area contributed by atoms with Crippen LogP contribution in [0.15, 0.2) is 109 Å². The Balaban J connectivity index is 1.38. The number of benzene rings is 4. The molecule has 0 amide bonds. The Hall–Kier alpha value is -4.71. The Kier molecular flexibility index (Phi) is 4.32. The number of ether oxygens (including phenoxy) is 1. The molecule has 6 nitrogen and oxygen atoms in total. The van der Waals surface area contributed by atoms with E-state index >= 15 is 0 Å². The van der Waals surface area contributed by atoms with Gasteiger partial charge >= 0.3 is 0 Å². The number of fused-ring (bicyclic) bond motifs is 5. The van der Waals surface area contributed by atoms with Crippen molar-refractivity contribution >= 4 is 33.5 Å². The Morgan fingerprint density at radius 3 is 2.29 bits per heavy atom. The summed E-state index contributed by atoms with van der Waals surface area (Å²) in [5.41, 5.74) is 6.25. The van der Waals surface area contributed by atoms with E-state index in [-0.39, 0.29) is 0 Å². The number of para-hydroxylation sites is 4. The van der Waals surface area contributed by atoms with Crippen LogP contribution in [0.3, 0.4) is 0 Å². The van der Waals surface area contributed by atoms with Crippen molar-refractivity contribution < 1.29 is 4.74 Å². The van der Waals surface area contributed by atoms with Crippen molar-refractivity contribution in [3.05, 3.63) is 109 Å². The van der Waals surface area contributed by atoms with Gasteiger partial charge in [-0.1, -0.05) is 42.5 Å². The molecule has 0 saturated carbocycles. The lowest BCUT2D eigenvalue weighted by atomic mass is 10.2. The molecule has 170 valence electrons. The van der Waals surface area contributed by atoms with E-state index in [4.69, 9.17) is 9.72 Å². The van der Waals surface area contributed by atoms with Crippen LogP contribution < -0.4 is 9.64 Å². The topological polar surface area (TPSA) is 37.9 Å². The van der Waals surface area contributed by atoms with Gasteiger partial charge in [-0.2, -0.15) is 0 Å². The largest absolute Gasteiger partial charge is 0.455 e. The third-order valence-corrected chi connectivity index (χ3v) is 6.46. The fourth-order valence-electron chi connectivity index (χ4n) is 4.86. The van der Waals surface area contributed by atoms with E-state index in [1.807, 2.05) is 30.3 Å². The lowest BCUT2D eigenvalue weighted by molar-refractivity contribution is 0.484. The first-order valence-electron chi connectivity index (χ1n) is 11.7. The summed E-state index contributed by atoms with van der Waals surface area (Å²) in [6.07, 6.45) is 4.15. The van der Waals surface area contributed by atoms with Gasteiger partial charge in [0.2, 0.25) is 5.78 Å². The van der Waals surface area contributed by atoms with Gasteiger partial charge in [-0.15, -0.1) is 0 Å². The Labute approximate surface area is 202 Å². The second kappa shape index (κ2) is 7.67. The van der Waals surface area contributed by atoms with Crippen LogP contribution in [-0.2, 0) is 0 Å². The third-order valence-electron chi connectivity index (χ3n) is 6.46. The normalized spacial score (nSPS) is 13.5. The summed E-state index contributed by atoms with van der Waals surface area (Å²) >= 11 is 0. The highest BCUT2D eigenvalue weighted by atomic mass is 16.5. The van der Waals surface area contributed by atoms with E-state index in [0.717, 1.165) is 57.4 Å². The van der Waals surface area contributed by atoms with Crippen LogP contribution in [0.1, 0.15) is 0 Å². The van der Waals surface area contributed by atoms with E-state index in [9.17, 15) is 0 Å². The summed E-state index contributed by atoms with van der Waals surface area (Å²) in [6, 6.07) is 33.1. The second-order valence-electron chi connectivity index (χ2n) is 8.80. The molecule has 0 aliphatic carbocycles. The molecule has 2 aromatic heterocycles. The Morgan fingerprint density at radius 1 is 0.714 bits per heavy atom. The first-order valence-corrected chi connectivity index (χ1v) is 11.7. The molecule has 0 unspecified atom stereocenters. The van der Waals surface area contributed by atoms with Gasteiger partial charge in [0.05, 0.1) is 23.2 Å². The zero-order valence-electron chi connectivity index (χ0n) is 19.2. The molecule has 35 heavy (non-hydrogen) atoms. The average Bonchev–Trinajstić information content (AvgIpc) is 3.58. The first-order chi connectivity index (χ1) is 17.3. The van der Waals surface area contributed by atoms with Gasteiger partial charge in [0, 0.05) is 36.9 Å². The van der Waals surface area contributed by atoms with Gasteiger partial charge in [0.1, 0.15) is 11.3 Å². The number of anilines is 1. The molecule has 1 aliphatic heterocycles. The number of aromatic nitrogens is 3. The predicted molar refractivity (Wildman–Crippen MR) is 140 cm³/mol. The summed E-state index contributed by atoms with van der Waals surface area (Å²) in [5, 5.41) is 0. The summed E-state index contributed by atoms with van der Waals surface area (Å²) in [5.74, 6) is 2.38. The maximum Gasteiger partial charge on any atom is 0.220 e. The molecule has 4 aromatic carbocycles. The number of rotatable bonds is 4. The molecule has 6 aromatic rings. The van der Waals surface area contributed by atoms with E-state index in [1.54, 1.807) is 0 Å². The van der Waals surface area contributed by atoms with E-state index in [0.29, 0.717) is 0 Å². The van der Waals surface area contributed by atoms with Crippen LogP contribution in [0.2, 0.25) is 0 Å². The highest BCUT2D eigenvalue weighted by Gasteiger charge is 2.19. The number of nitrogens with zero attached hydrogens (tertiary/aromatic N) is 5. The van der Waals surface area contributed by atoms with Gasteiger partial charge in [-0.3, -0.25) is 8.97 Å². The van der Waals surface area contributed by atoms with Crippen molar-refractivity contribution in [3.8, 4) is 17.2 Å². The summed E-state index contributed by atoms with van der Waals surface area (Å²) < 4.78 is 10.8. The SMILES string of the molecule is CN1C=CN(c2cccc(Oc3cccc4c3nc3n(-c5ccccc5)c5ccccc5n43)c2)C1. The maximum atomic E-state index is 6.43. The second-order valence-corrected chi connectivity index (χ2v) is 8.80. The zero-order chi connectivity index (χ0) is 23.4. The monoisotopic (exact) mass is 457 g/mol. The average molecular weight is 458 g/mol. The predicted octanol–water partition coefficient (Wildman–Crippen LogP) is 6.40. The molecule has 0 radical (unpaired) electrons. The summed E-state index contributed by atoms with van der Waals surface area (Å²) in [4.78, 5) is 9.43. The van der Waals surface area contributed by atoms with Crippen molar-refractivity contribution in [2.75, 3.05) is 18.6 Å². The lowest BCUT2D eigenvalue weighted by Gasteiger charge is -2.19. The Bertz CT molecular complexity index is 1730. The maximum absolute atomic E-state index is 6.43. The smallest absolute Gasteiger partial charge is 0.220 e. The summed E-state index contributed by atoms with van der Waals surface area (Å²) in [6.45, 7) is 0.821. The number of hydrogen-bond donors (Lipinski definition) is 0. The molecule has 0 N–H and O–H groups in total. The molecule has 7 rings (SSSR count). The Morgan fingerprint density at radius 2 is 1.46 bits per heavy atom.